The normalized spacial score (nSPS) is 14.4. The molecule has 1 N–H and O–H groups in total. The van der Waals surface area contributed by atoms with Crippen LogP contribution in [-0.2, 0) is 0 Å². The monoisotopic (exact) mass is 245 g/mol. The summed E-state index contributed by atoms with van der Waals surface area (Å²) in [5.41, 5.74) is 1.31. The van der Waals surface area contributed by atoms with Crippen molar-refractivity contribution in [2.24, 2.45) is 0 Å². The third kappa shape index (κ3) is 2.20. The standard InChI is InChI=1S/C13H11NO4/c15-13(16)12-7-11(14-18-12)8-1-3-9(4-2-8)17-10-5-6-10/h1-4,7,10H,5-6H2,(H,15,16). The number of aromatic carboxylic acids is 1. The highest BCUT2D eigenvalue weighted by Crippen LogP contribution is 2.28. The minimum atomic E-state index is -1.12. The second-order valence-electron chi connectivity index (χ2n) is 4.22. The summed E-state index contributed by atoms with van der Waals surface area (Å²) < 4.78 is 10.3. The first-order valence-electron chi connectivity index (χ1n) is 5.69. The molecule has 5 nitrogen and oxygen atoms in total. The molecule has 0 radical (unpaired) electrons. The second kappa shape index (κ2) is 4.18. The molecule has 0 saturated heterocycles. The van der Waals surface area contributed by atoms with E-state index in [-0.39, 0.29) is 5.76 Å². The molecule has 0 unspecified atom stereocenters. The van der Waals surface area contributed by atoms with Crippen molar-refractivity contribution in [1.82, 2.24) is 5.16 Å². The summed E-state index contributed by atoms with van der Waals surface area (Å²) in [7, 11) is 0. The van der Waals surface area contributed by atoms with E-state index in [1.165, 1.54) is 6.07 Å². The smallest absolute Gasteiger partial charge is 0.374 e. The fraction of sp³-hybridized carbons (Fsp3) is 0.231. The fourth-order valence-corrected chi connectivity index (χ4v) is 1.59. The van der Waals surface area contributed by atoms with Crippen molar-refractivity contribution in [3.63, 3.8) is 0 Å². The molecule has 1 aliphatic carbocycles. The van der Waals surface area contributed by atoms with Gasteiger partial charge in [0.2, 0.25) is 5.76 Å². The Morgan fingerprint density at radius 2 is 2.06 bits per heavy atom. The lowest BCUT2D eigenvalue weighted by atomic mass is 10.1. The molecule has 5 heteroatoms. The third-order valence-corrected chi connectivity index (χ3v) is 2.70. The zero-order valence-corrected chi connectivity index (χ0v) is 9.50. The molecule has 0 spiro atoms. The Labute approximate surface area is 103 Å². The number of rotatable bonds is 4. The van der Waals surface area contributed by atoms with Crippen LogP contribution in [0.25, 0.3) is 11.3 Å². The van der Waals surface area contributed by atoms with Crippen LogP contribution in [0.15, 0.2) is 34.9 Å². The number of hydrogen-bond acceptors (Lipinski definition) is 4. The molecule has 0 amide bonds. The van der Waals surface area contributed by atoms with Gasteiger partial charge >= 0.3 is 5.97 Å². The van der Waals surface area contributed by atoms with E-state index >= 15 is 0 Å². The maximum absolute atomic E-state index is 10.7. The number of carboxylic acid groups (broad SMARTS) is 1. The van der Waals surface area contributed by atoms with Gasteiger partial charge in [-0.25, -0.2) is 4.79 Å². The molecule has 1 aromatic heterocycles. The van der Waals surface area contributed by atoms with Crippen molar-refractivity contribution < 1.29 is 19.2 Å². The number of benzene rings is 1. The van der Waals surface area contributed by atoms with Gasteiger partial charge in [0.05, 0.1) is 6.10 Å². The van der Waals surface area contributed by atoms with Gasteiger partial charge in [-0.2, -0.15) is 0 Å². The minimum Gasteiger partial charge on any atom is -0.490 e. The van der Waals surface area contributed by atoms with Crippen molar-refractivity contribution in [3.8, 4) is 17.0 Å². The first-order valence-corrected chi connectivity index (χ1v) is 5.69. The van der Waals surface area contributed by atoms with Gasteiger partial charge in [-0.1, -0.05) is 5.16 Å². The summed E-state index contributed by atoms with van der Waals surface area (Å²) in [4.78, 5) is 10.7. The lowest BCUT2D eigenvalue weighted by molar-refractivity contribution is 0.0652. The number of aromatic nitrogens is 1. The molecule has 18 heavy (non-hydrogen) atoms. The molecule has 0 bridgehead atoms. The van der Waals surface area contributed by atoms with E-state index in [4.69, 9.17) is 14.4 Å². The molecule has 3 rings (SSSR count). The van der Waals surface area contributed by atoms with Gasteiger partial charge in [-0.05, 0) is 37.1 Å². The summed E-state index contributed by atoms with van der Waals surface area (Å²) in [5, 5.41) is 12.5. The number of carboxylic acids is 1. The summed E-state index contributed by atoms with van der Waals surface area (Å²) in [6.45, 7) is 0. The Balaban J connectivity index is 1.79. The molecule has 1 aromatic carbocycles. The predicted octanol–water partition coefficient (Wildman–Crippen LogP) is 2.58. The Kier molecular flexibility index (Phi) is 2.51. The van der Waals surface area contributed by atoms with Crippen LogP contribution < -0.4 is 4.74 Å². The summed E-state index contributed by atoms with van der Waals surface area (Å²) in [5.74, 6) is -0.464. The van der Waals surface area contributed by atoms with E-state index in [1.807, 2.05) is 24.3 Å². The van der Waals surface area contributed by atoms with Gasteiger partial charge in [-0.15, -0.1) is 0 Å². The Morgan fingerprint density at radius 3 is 2.61 bits per heavy atom. The van der Waals surface area contributed by atoms with Crippen molar-refractivity contribution in [2.75, 3.05) is 0 Å². The van der Waals surface area contributed by atoms with Crippen LogP contribution in [0.1, 0.15) is 23.4 Å². The van der Waals surface area contributed by atoms with Crippen molar-refractivity contribution in [3.05, 3.63) is 36.1 Å². The SMILES string of the molecule is O=C(O)c1cc(-c2ccc(OC3CC3)cc2)no1. The lowest BCUT2D eigenvalue weighted by Gasteiger charge is -2.03. The molecule has 0 atom stereocenters. The van der Waals surface area contributed by atoms with Crippen molar-refractivity contribution in [1.29, 1.82) is 0 Å². The largest absolute Gasteiger partial charge is 0.490 e. The van der Waals surface area contributed by atoms with Crippen LogP contribution in [-0.4, -0.2) is 22.3 Å². The average Bonchev–Trinajstić information content (AvgIpc) is 3.04. The van der Waals surface area contributed by atoms with Gasteiger partial charge < -0.3 is 14.4 Å². The molecular formula is C13H11NO4. The lowest BCUT2D eigenvalue weighted by Crippen LogP contribution is -1.95. The van der Waals surface area contributed by atoms with E-state index in [1.54, 1.807) is 0 Å². The quantitative estimate of drug-likeness (QED) is 0.896. The topological polar surface area (TPSA) is 72.6 Å². The third-order valence-electron chi connectivity index (χ3n) is 2.70. The molecule has 2 aromatic rings. The second-order valence-corrected chi connectivity index (χ2v) is 4.22. The van der Waals surface area contributed by atoms with E-state index in [2.05, 4.69) is 5.16 Å². The molecule has 0 aliphatic heterocycles. The van der Waals surface area contributed by atoms with Crippen LogP contribution in [0, 0.1) is 0 Å². The van der Waals surface area contributed by atoms with Crippen LogP contribution in [0.5, 0.6) is 5.75 Å². The van der Waals surface area contributed by atoms with E-state index in [9.17, 15) is 4.79 Å². The highest BCUT2D eigenvalue weighted by molar-refractivity contribution is 5.85. The number of ether oxygens (including phenoxy) is 1. The molecule has 1 saturated carbocycles. The summed E-state index contributed by atoms with van der Waals surface area (Å²) in [6, 6.07) is 8.77. The molecule has 1 aliphatic rings. The first kappa shape index (κ1) is 10.8. The van der Waals surface area contributed by atoms with E-state index in [0.29, 0.717) is 11.8 Å². The minimum absolute atomic E-state index is 0.164. The van der Waals surface area contributed by atoms with Gasteiger partial charge in [-0.3, -0.25) is 0 Å². The molecular weight excluding hydrogens is 234 g/mol. The summed E-state index contributed by atoms with van der Waals surface area (Å²) in [6.07, 6.45) is 2.60. The van der Waals surface area contributed by atoms with Gasteiger partial charge in [0.15, 0.2) is 0 Å². The van der Waals surface area contributed by atoms with Crippen LogP contribution >= 0.6 is 0 Å². The zero-order valence-electron chi connectivity index (χ0n) is 9.50. The zero-order chi connectivity index (χ0) is 12.5. The Bertz CT molecular complexity index is 569. The van der Waals surface area contributed by atoms with Crippen molar-refractivity contribution >= 4 is 5.97 Å². The van der Waals surface area contributed by atoms with Gasteiger partial charge in [0.1, 0.15) is 11.4 Å². The predicted molar refractivity (Wildman–Crippen MR) is 62.5 cm³/mol. The van der Waals surface area contributed by atoms with E-state index in [0.717, 1.165) is 24.2 Å². The Morgan fingerprint density at radius 1 is 1.33 bits per heavy atom. The van der Waals surface area contributed by atoms with Gasteiger partial charge in [0.25, 0.3) is 0 Å². The highest BCUT2D eigenvalue weighted by Gasteiger charge is 2.23. The molecule has 1 heterocycles. The highest BCUT2D eigenvalue weighted by atomic mass is 16.5. The first-order chi connectivity index (χ1) is 8.72. The van der Waals surface area contributed by atoms with Crippen molar-refractivity contribution in [2.45, 2.75) is 18.9 Å². The van der Waals surface area contributed by atoms with Crippen LogP contribution in [0.3, 0.4) is 0 Å². The Hall–Kier alpha value is -2.30. The molecule has 92 valence electrons. The van der Waals surface area contributed by atoms with Crippen LogP contribution in [0.2, 0.25) is 0 Å². The number of hydrogen-bond donors (Lipinski definition) is 1. The van der Waals surface area contributed by atoms with Crippen LogP contribution in [0.4, 0.5) is 0 Å². The summed E-state index contributed by atoms with van der Waals surface area (Å²) >= 11 is 0. The molecule has 1 fully saturated rings. The maximum atomic E-state index is 10.7. The number of carbonyl (C=O) groups is 1. The number of nitrogens with zero attached hydrogens (tertiary/aromatic N) is 1. The van der Waals surface area contributed by atoms with E-state index < -0.39 is 5.97 Å². The van der Waals surface area contributed by atoms with Gasteiger partial charge in [0, 0.05) is 11.6 Å². The average molecular weight is 245 g/mol. The fourth-order valence-electron chi connectivity index (χ4n) is 1.59. The maximum Gasteiger partial charge on any atom is 0.374 e.